The average molecular weight is 335 g/mol. The summed E-state index contributed by atoms with van der Waals surface area (Å²) in [6.07, 6.45) is -2.55. The molecule has 0 aliphatic carbocycles. The van der Waals surface area contributed by atoms with Crippen LogP contribution in [0.15, 0.2) is 36.9 Å². The van der Waals surface area contributed by atoms with Crippen LogP contribution >= 0.6 is 0 Å². The Bertz CT molecular complexity index is 483. The van der Waals surface area contributed by atoms with Gasteiger partial charge < -0.3 is 9.29 Å². The molecule has 0 amide bonds. The normalized spacial score (nSPS) is 15.2. The second-order valence-corrected chi connectivity index (χ2v) is 7.69. The van der Waals surface area contributed by atoms with Crippen molar-refractivity contribution in [3.8, 4) is 5.75 Å². The van der Waals surface area contributed by atoms with Gasteiger partial charge in [-0.1, -0.05) is 18.2 Å². The molecule has 0 saturated carbocycles. The first-order valence-electron chi connectivity index (χ1n) is 6.67. The molecular weight excluding hydrogens is 315 g/mol. The van der Waals surface area contributed by atoms with E-state index in [1.165, 1.54) is 24.3 Å². The second kappa shape index (κ2) is 7.39. The van der Waals surface area contributed by atoms with E-state index >= 15 is 0 Å². The lowest BCUT2D eigenvalue weighted by molar-refractivity contribution is -0.274. The molecule has 0 fully saturated rings. The maximum Gasteiger partial charge on any atom is 0.573 e. The Morgan fingerprint density at radius 1 is 1.27 bits per heavy atom. The Balaban J connectivity index is 2.86. The number of nitrogens with one attached hydrogen (secondary N) is 1. The topological polar surface area (TPSA) is 44.3 Å². The number of benzene rings is 1. The zero-order valence-electron chi connectivity index (χ0n) is 12.7. The van der Waals surface area contributed by atoms with Crippen molar-refractivity contribution < 1.29 is 22.5 Å². The molecule has 1 aromatic carbocycles. The standard InChI is InChI=1S/C15H20F3NO2S/c1-5-6-13(19-22(20)14(2,3)4)11-7-9-12(10-8-11)21-15(16,17)18/h5,7-10,13,19H,1,6H2,2-4H3/t13-,22+/m1/s1. The minimum atomic E-state index is -4.71. The van der Waals surface area contributed by atoms with Gasteiger partial charge in [-0.15, -0.1) is 24.5 Å². The van der Waals surface area contributed by atoms with E-state index in [4.69, 9.17) is 0 Å². The third-order valence-electron chi connectivity index (χ3n) is 2.72. The molecular formula is C15H20F3NO2S. The molecule has 1 rings (SSSR count). The lowest BCUT2D eigenvalue weighted by Gasteiger charge is -2.27. The quantitative estimate of drug-likeness (QED) is 0.624. The fourth-order valence-electron chi connectivity index (χ4n) is 1.63. The predicted molar refractivity (Wildman–Crippen MR) is 81.7 cm³/mol. The Morgan fingerprint density at radius 2 is 1.82 bits per heavy atom. The van der Waals surface area contributed by atoms with Crippen molar-refractivity contribution in [2.75, 3.05) is 0 Å². The minimum absolute atomic E-state index is 0.287. The van der Waals surface area contributed by atoms with E-state index in [1.807, 2.05) is 20.8 Å². The molecule has 0 unspecified atom stereocenters. The molecule has 22 heavy (non-hydrogen) atoms. The zero-order valence-corrected chi connectivity index (χ0v) is 13.6. The molecule has 0 bridgehead atoms. The molecule has 7 heteroatoms. The van der Waals surface area contributed by atoms with Crippen molar-refractivity contribution in [3.63, 3.8) is 0 Å². The molecule has 0 heterocycles. The van der Waals surface area contributed by atoms with Crippen LogP contribution in [-0.2, 0) is 11.4 Å². The van der Waals surface area contributed by atoms with Gasteiger partial charge in [0.15, 0.2) is 0 Å². The van der Waals surface area contributed by atoms with Crippen LogP contribution in [0, 0.1) is 0 Å². The van der Waals surface area contributed by atoms with E-state index in [-0.39, 0.29) is 11.8 Å². The van der Waals surface area contributed by atoms with Crippen molar-refractivity contribution in [2.45, 2.75) is 44.3 Å². The highest BCUT2D eigenvalue weighted by Crippen LogP contribution is 2.27. The molecule has 1 aromatic rings. The lowest BCUT2D eigenvalue weighted by atomic mass is 10.0. The maximum atomic E-state index is 12.2. The van der Waals surface area contributed by atoms with Crippen LogP contribution in [0.1, 0.15) is 38.8 Å². The summed E-state index contributed by atoms with van der Waals surface area (Å²) in [7, 11) is 0. The summed E-state index contributed by atoms with van der Waals surface area (Å²) in [5.41, 5.74) is 0.715. The summed E-state index contributed by atoms with van der Waals surface area (Å²) in [6, 6.07) is 5.21. The molecule has 0 aliphatic heterocycles. The predicted octanol–water partition coefficient (Wildman–Crippen LogP) is 4.25. The van der Waals surface area contributed by atoms with Crippen LogP contribution in [0.2, 0.25) is 0 Å². The zero-order chi connectivity index (χ0) is 17.0. The van der Waals surface area contributed by atoms with Crippen LogP contribution in [0.4, 0.5) is 13.2 Å². The lowest BCUT2D eigenvalue weighted by Crippen LogP contribution is -2.41. The summed E-state index contributed by atoms with van der Waals surface area (Å²) in [4.78, 5) is 0. The summed E-state index contributed by atoms with van der Waals surface area (Å²) in [5, 5.41) is 0. The Labute approximate surface area is 131 Å². The van der Waals surface area contributed by atoms with Gasteiger partial charge in [-0.3, -0.25) is 0 Å². The van der Waals surface area contributed by atoms with Gasteiger partial charge in [0.25, 0.3) is 0 Å². The van der Waals surface area contributed by atoms with Crippen molar-refractivity contribution >= 4 is 11.4 Å². The van der Waals surface area contributed by atoms with Crippen molar-refractivity contribution in [3.05, 3.63) is 42.5 Å². The Kier molecular flexibility index (Phi) is 6.34. The van der Waals surface area contributed by atoms with Gasteiger partial charge in [-0.25, -0.2) is 0 Å². The average Bonchev–Trinajstić information content (AvgIpc) is 2.36. The first-order chi connectivity index (χ1) is 10.0. The molecule has 0 aromatic heterocycles. The van der Waals surface area contributed by atoms with E-state index < -0.39 is 22.5 Å². The highest BCUT2D eigenvalue weighted by Gasteiger charge is 2.32. The highest BCUT2D eigenvalue weighted by atomic mass is 32.2. The molecule has 0 radical (unpaired) electrons. The first kappa shape index (κ1) is 18.9. The summed E-state index contributed by atoms with van der Waals surface area (Å²) < 4.78 is 54.9. The van der Waals surface area contributed by atoms with Crippen LogP contribution in [0.5, 0.6) is 5.75 Å². The molecule has 0 spiro atoms. The first-order valence-corrected chi connectivity index (χ1v) is 7.82. The minimum Gasteiger partial charge on any atom is -0.598 e. The number of halogens is 3. The molecule has 0 aliphatic rings. The molecule has 124 valence electrons. The molecule has 1 N–H and O–H groups in total. The highest BCUT2D eigenvalue weighted by molar-refractivity contribution is 7.90. The maximum absolute atomic E-state index is 12.2. The van der Waals surface area contributed by atoms with Gasteiger partial charge in [-0.05, 0) is 44.9 Å². The van der Waals surface area contributed by atoms with Gasteiger partial charge in [0.05, 0.1) is 6.04 Å². The van der Waals surface area contributed by atoms with Gasteiger partial charge in [-0.2, -0.15) is 0 Å². The third kappa shape index (κ3) is 6.29. The van der Waals surface area contributed by atoms with Gasteiger partial charge in [0.2, 0.25) is 0 Å². The van der Waals surface area contributed by atoms with Gasteiger partial charge in [0, 0.05) is 11.4 Å². The molecule has 2 atom stereocenters. The van der Waals surface area contributed by atoms with Crippen LogP contribution in [0.25, 0.3) is 0 Å². The van der Waals surface area contributed by atoms with Gasteiger partial charge in [0.1, 0.15) is 10.5 Å². The number of hydrogen-bond acceptors (Lipinski definition) is 3. The number of hydrogen-bond donors (Lipinski definition) is 1. The van der Waals surface area contributed by atoms with E-state index in [0.29, 0.717) is 12.0 Å². The summed E-state index contributed by atoms with van der Waals surface area (Å²) >= 11 is -1.30. The number of alkyl halides is 3. The van der Waals surface area contributed by atoms with E-state index in [2.05, 4.69) is 16.0 Å². The van der Waals surface area contributed by atoms with Crippen LogP contribution in [-0.4, -0.2) is 15.7 Å². The van der Waals surface area contributed by atoms with Crippen molar-refractivity contribution in [1.29, 1.82) is 0 Å². The second-order valence-electron chi connectivity index (χ2n) is 5.69. The van der Waals surface area contributed by atoms with E-state index in [9.17, 15) is 17.7 Å². The van der Waals surface area contributed by atoms with Crippen molar-refractivity contribution in [1.82, 2.24) is 4.72 Å². The number of rotatable bonds is 6. The summed E-state index contributed by atoms with van der Waals surface area (Å²) in [6.45, 7) is 9.15. The summed E-state index contributed by atoms with van der Waals surface area (Å²) in [5.74, 6) is -0.287. The van der Waals surface area contributed by atoms with Crippen LogP contribution in [0.3, 0.4) is 0 Å². The largest absolute Gasteiger partial charge is 0.598 e. The SMILES string of the molecule is C=CC[C@@H](N[S@@+]([O-])C(C)(C)C)c1ccc(OC(F)(F)F)cc1. The van der Waals surface area contributed by atoms with Gasteiger partial charge >= 0.3 is 6.36 Å². The molecule has 3 nitrogen and oxygen atoms in total. The monoisotopic (exact) mass is 335 g/mol. The Hall–Kier alpha value is -1.18. The smallest absolute Gasteiger partial charge is 0.573 e. The third-order valence-corrected chi connectivity index (χ3v) is 4.33. The van der Waals surface area contributed by atoms with E-state index in [0.717, 1.165) is 0 Å². The van der Waals surface area contributed by atoms with Crippen LogP contribution < -0.4 is 9.46 Å². The van der Waals surface area contributed by atoms with E-state index in [1.54, 1.807) is 6.08 Å². The Morgan fingerprint density at radius 3 is 2.23 bits per heavy atom. The molecule has 0 saturated heterocycles. The van der Waals surface area contributed by atoms with Crippen molar-refractivity contribution in [2.24, 2.45) is 0 Å². The number of ether oxygens (including phenoxy) is 1. The fourth-order valence-corrected chi connectivity index (χ4v) is 2.47. The fraction of sp³-hybridized carbons (Fsp3) is 0.467.